The van der Waals surface area contributed by atoms with Crippen LogP contribution in [0.15, 0.2) is 24.3 Å². The fourth-order valence-electron chi connectivity index (χ4n) is 1.63. The fraction of sp³-hybridized carbons (Fsp3) is 0.417. The Bertz CT molecular complexity index is 497. The van der Waals surface area contributed by atoms with Gasteiger partial charge >= 0.3 is 0 Å². The number of rotatable bonds is 6. The molecule has 0 aliphatic carbocycles. The molecule has 0 aliphatic rings. The molecule has 0 radical (unpaired) electrons. The van der Waals surface area contributed by atoms with E-state index in [1.54, 1.807) is 4.68 Å². The van der Waals surface area contributed by atoms with Gasteiger partial charge in [-0.15, -0.1) is 5.10 Å². The van der Waals surface area contributed by atoms with Gasteiger partial charge in [0.05, 0.1) is 13.2 Å². The van der Waals surface area contributed by atoms with Crippen LogP contribution in [0.2, 0.25) is 0 Å². The van der Waals surface area contributed by atoms with Crippen LogP contribution in [0.4, 0.5) is 0 Å². The lowest BCUT2D eigenvalue weighted by Crippen LogP contribution is -2.12. The van der Waals surface area contributed by atoms with Crippen LogP contribution >= 0.6 is 0 Å². The van der Waals surface area contributed by atoms with Gasteiger partial charge in [0.25, 0.3) is 0 Å². The van der Waals surface area contributed by atoms with Crippen LogP contribution in [0.1, 0.15) is 13.3 Å². The van der Waals surface area contributed by atoms with E-state index in [4.69, 9.17) is 10.5 Å². The van der Waals surface area contributed by atoms with E-state index in [1.807, 2.05) is 24.3 Å². The highest BCUT2D eigenvalue weighted by atomic mass is 16.5. The molecule has 0 saturated carbocycles. The van der Waals surface area contributed by atoms with Gasteiger partial charge in [-0.05, 0) is 29.0 Å². The van der Waals surface area contributed by atoms with E-state index >= 15 is 0 Å². The summed E-state index contributed by atoms with van der Waals surface area (Å²) >= 11 is 0. The van der Waals surface area contributed by atoms with Gasteiger partial charge in [-0.3, -0.25) is 0 Å². The molecule has 0 amide bonds. The second-order valence-electron chi connectivity index (χ2n) is 3.89. The summed E-state index contributed by atoms with van der Waals surface area (Å²) in [4.78, 5) is 0. The molecule has 6 nitrogen and oxygen atoms in total. The van der Waals surface area contributed by atoms with Crippen molar-refractivity contribution in [1.82, 2.24) is 20.2 Å². The molecule has 1 heterocycles. The molecule has 6 heteroatoms. The molecular weight excluding hydrogens is 230 g/mol. The quantitative estimate of drug-likeness (QED) is 0.826. The average Bonchev–Trinajstić information content (AvgIpc) is 2.85. The number of ether oxygens (including phenoxy) is 1. The van der Waals surface area contributed by atoms with Gasteiger partial charge in [-0.2, -0.15) is 0 Å². The summed E-state index contributed by atoms with van der Waals surface area (Å²) in [5.74, 6) is 1.54. The SMILES string of the molecule is CCCOc1cccc(-c2nnnn2CCN)c1. The van der Waals surface area contributed by atoms with Crippen LogP contribution in [0.25, 0.3) is 11.4 Å². The van der Waals surface area contributed by atoms with E-state index in [9.17, 15) is 0 Å². The van der Waals surface area contributed by atoms with Gasteiger partial charge in [-0.25, -0.2) is 4.68 Å². The highest BCUT2D eigenvalue weighted by Gasteiger charge is 2.08. The summed E-state index contributed by atoms with van der Waals surface area (Å²) in [7, 11) is 0. The van der Waals surface area contributed by atoms with Gasteiger partial charge in [-0.1, -0.05) is 19.1 Å². The van der Waals surface area contributed by atoms with E-state index in [1.165, 1.54) is 0 Å². The fourth-order valence-corrected chi connectivity index (χ4v) is 1.63. The number of tetrazole rings is 1. The largest absolute Gasteiger partial charge is 0.494 e. The molecule has 1 aromatic heterocycles. The summed E-state index contributed by atoms with van der Waals surface area (Å²) in [5.41, 5.74) is 6.45. The number of nitrogens with zero attached hydrogens (tertiary/aromatic N) is 4. The minimum Gasteiger partial charge on any atom is -0.494 e. The van der Waals surface area contributed by atoms with Gasteiger partial charge < -0.3 is 10.5 Å². The normalized spacial score (nSPS) is 10.6. The molecule has 2 rings (SSSR count). The number of nitrogens with two attached hydrogens (primary N) is 1. The molecule has 96 valence electrons. The van der Waals surface area contributed by atoms with Gasteiger partial charge in [0, 0.05) is 12.1 Å². The molecule has 0 fully saturated rings. The summed E-state index contributed by atoms with van der Waals surface area (Å²) in [6.07, 6.45) is 0.981. The van der Waals surface area contributed by atoms with Crippen molar-refractivity contribution in [2.24, 2.45) is 5.73 Å². The molecule has 18 heavy (non-hydrogen) atoms. The molecule has 2 aromatic rings. The zero-order valence-electron chi connectivity index (χ0n) is 10.4. The Kier molecular flexibility index (Phi) is 4.25. The first kappa shape index (κ1) is 12.5. The number of benzene rings is 1. The summed E-state index contributed by atoms with van der Waals surface area (Å²) in [6.45, 7) is 3.88. The van der Waals surface area contributed by atoms with Crippen molar-refractivity contribution in [1.29, 1.82) is 0 Å². The molecule has 0 aliphatic heterocycles. The first-order valence-corrected chi connectivity index (χ1v) is 6.04. The maximum absolute atomic E-state index is 5.59. The third-order valence-electron chi connectivity index (χ3n) is 2.44. The Hall–Kier alpha value is -1.95. The van der Waals surface area contributed by atoms with Crippen molar-refractivity contribution in [2.45, 2.75) is 19.9 Å². The highest BCUT2D eigenvalue weighted by Crippen LogP contribution is 2.21. The van der Waals surface area contributed by atoms with Crippen LogP contribution in [0.5, 0.6) is 5.75 Å². The Morgan fingerprint density at radius 2 is 2.28 bits per heavy atom. The Morgan fingerprint density at radius 3 is 3.06 bits per heavy atom. The van der Waals surface area contributed by atoms with Crippen LogP contribution in [-0.4, -0.2) is 33.4 Å². The molecule has 2 N–H and O–H groups in total. The standard InChI is InChI=1S/C12H17N5O/c1-2-8-18-11-5-3-4-10(9-11)12-14-15-16-17(12)7-6-13/h3-5,9H,2,6-8,13H2,1H3. The lowest BCUT2D eigenvalue weighted by Gasteiger charge is -2.07. The topological polar surface area (TPSA) is 78.9 Å². The second-order valence-corrected chi connectivity index (χ2v) is 3.89. The van der Waals surface area contributed by atoms with E-state index in [0.29, 0.717) is 25.5 Å². The number of hydrogen-bond acceptors (Lipinski definition) is 5. The Labute approximate surface area is 106 Å². The first-order chi connectivity index (χ1) is 8.85. The lowest BCUT2D eigenvalue weighted by atomic mass is 10.2. The minimum absolute atomic E-state index is 0.504. The van der Waals surface area contributed by atoms with Crippen molar-refractivity contribution in [2.75, 3.05) is 13.2 Å². The van der Waals surface area contributed by atoms with Gasteiger partial charge in [0.2, 0.25) is 0 Å². The molecule has 1 aromatic carbocycles. The number of hydrogen-bond donors (Lipinski definition) is 1. The van der Waals surface area contributed by atoms with Crippen molar-refractivity contribution >= 4 is 0 Å². The summed E-state index contributed by atoms with van der Waals surface area (Å²) in [6, 6.07) is 7.75. The van der Waals surface area contributed by atoms with Crippen LogP contribution in [0.3, 0.4) is 0 Å². The van der Waals surface area contributed by atoms with Crippen LogP contribution < -0.4 is 10.5 Å². The molecule has 0 unspecified atom stereocenters. The Morgan fingerprint density at radius 1 is 1.39 bits per heavy atom. The zero-order valence-corrected chi connectivity index (χ0v) is 10.4. The van der Waals surface area contributed by atoms with Gasteiger partial charge in [0.1, 0.15) is 5.75 Å². The van der Waals surface area contributed by atoms with Crippen molar-refractivity contribution < 1.29 is 4.74 Å². The van der Waals surface area contributed by atoms with Crippen molar-refractivity contribution in [3.05, 3.63) is 24.3 Å². The molecule has 0 saturated heterocycles. The number of aromatic nitrogens is 4. The highest BCUT2D eigenvalue weighted by molar-refractivity contribution is 5.57. The molecule has 0 atom stereocenters. The minimum atomic E-state index is 0.504. The molecule has 0 spiro atoms. The van der Waals surface area contributed by atoms with Crippen molar-refractivity contribution in [3.63, 3.8) is 0 Å². The van der Waals surface area contributed by atoms with E-state index < -0.39 is 0 Å². The molecule has 0 bridgehead atoms. The van der Waals surface area contributed by atoms with E-state index in [-0.39, 0.29) is 0 Å². The summed E-state index contributed by atoms with van der Waals surface area (Å²) < 4.78 is 7.28. The van der Waals surface area contributed by atoms with Crippen LogP contribution in [-0.2, 0) is 6.54 Å². The first-order valence-electron chi connectivity index (χ1n) is 6.04. The predicted molar refractivity (Wildman–Crippen MR) is 68.1 cm³/mol. The monoisotopic (exact) mass is 247 g/mol. The summed E-state index contributed by atoms with van der Waals surface area (Å²) in [5, 5.41) is 11.6. The van der Waals surface area contributed by atoms with Crippen LogP contribution in [0, 0.1) is 0 Å². The third-order valence-corrected chi connectivity index (χ3v) is 2.44. The Balaban J connectivity index is 2.24. The lowest BCUT2D eigenvalue weighted by molar-refractivity contribution is 0.317. The van der Waals surface area contributed by atoms with Gasteiger partial charge in [0.15, 0.2) is 5.82 Å². The second kappa shape index (κ2) is 6.11. The maximum atomic E-state index is 5.59. The molecular formula is C12H17N5O. The smallest absolute Gasteiger partial charge is 0.182 e. The van der Waals surface area contributed by atoms with E-state index in [2.05, 4.69) is 22.4 Å². The van der Waals surface area contributed by atoms with Crippen molar-refractivity contribution in [3.8, 4) is 17.1 Å². The third kappa shape index (κ3) is 2.84. The predicted octanol–water partition coefficient (Wildman–Crippen LogP) is 1.09. The average molecular weight is 247 g/mol. The maximum Gasteiger partial charge on any atom is 0.182 e. The van der Waals surface area contributed by atoms with E-state index in [0.717, 1.165) is 17.7 Å². The zero-order chi connectivity index (χ0) is 12.8.